The molecule has 0 fully saturated rings. The molecular formula is C16H23N. The lowest BCUT2D eigenvalue weighted by atomic mass is 9.97. The second kappa shape index (κ2) is 6.39. The molecule has 0 spiro atoms. The second-order valence-electron chi connectivity index (χ2n) is 4.23. The average molecular weight is 229 g/mol. The highest BCUT2D eigenvalue weighted by atomic mass is 14.7. The van der Waals surface area contributed by atoms with Gasteiger partial charge in [-0.3, -0.25) is 4.98 Å². The minimum atomic E-state index is 0.559. The molecule has 0 atom stereocenters. The second-order valence-corrected chi connectivity index (χ2v) is 4.23. The third kappa shape index (κ3) is 3.06. The summed E-state index contributed by atoms with van der Waals surface area (Å²) in [6.45, 7) is 10.6. The Hall–Kier alpha value is -1.37. The summed E-state index contributed by atoms with van der Waals surface area (Å²) >= 11 is 0. The fraction of sp³-hybridized carbons (Fsp3) is 0.438. The van der Waals surface area contributed by atoms with Crippen LogP contribution in [0.4, 0.5) is 0 Å². The van der Waals surface area contributed by atoms with E-state index in [0.717, 1.165) is 11.9 Å². The van der Waals surface area contributed by atoms with Gasteiger partial charge < -0.3 is 0 Å². The van der Waals surface area contributed by atoms with Gasteiger partial charge in [0.2, 0.25) is 0 Å². The van der Waals surface area contributed by atoms with Crippen LogP contribution in [-0.4, -0.2) is 4.98 Å². The van der Waals surface area contributed by atoms with E-state index >= 15 is 0 Å². The summed E-state index contributed by atoms with van der Waals surface area (Å²) in [6, 6.07) is 10.6. The molecule has 0 saturated heterocycles. The van der Waals surface area contributed by atoms with Crippen LogP contribution in [-0.2, 0) is 6.42 Å². The van der Waals surface area contributed by atoms with Crippen LogP contribution >= 0.6 is 0 Å². The van der Waals surface area contributed by atoms with Crippen LogP contribution in [0.5, 0.6) is 0 Å². The van der Waals surface area contributed by atoms with Crippen LogP contribution in [0.15, 0.2) is 30.3 Å². The van der Waals surface area contributed by atoms with Crippen LogP contribution in [0.3, 0.4) is 0 Å². The van der Waals surface area contributed by atoms with Crippen molar-refractivity contribution < 1.29 is 0 Å². The van der Waals surface area contributed by atoms with Crippen molar-refractivity contribution in [2.75, 3.05) is 0 Å². The van der Waals surface area contributed by atoms with E-state index in [1.165, 1.54) is 16.6 Å². The average Bonchev–Trinajstić information content (AvgIpc) is 2.39. The molecule has 1 heteroatoms. The molecule has 0 radical (unpaired) electrons. The Labute approximate surface area is 105 Å². The van der Waals surface area contributed by atoms with Crippen LogP contribution in [0.25, 0.3) is 10.9 Å². The first-order valence-electron chi connectivity index (χ1n) is 6.61. The lowest BCUT2D eigenvalue weighted by molar-refractivity contribution is 0.867. The van der Waals surface area contributed by atoms with Gasteiger partial charge in [-0.15, -0.1) is 0 Å². The summed E-state index contributed by atoms with van der Waals surface area (Å²) in [5, 5.41) is 1.30. The SMILES string of the molecule is CC.CCc1cc(C(C)C)c2ccccc2n1. The summed E-state index contributed by atoms with van der Waals surface area (Å²) in [5.41, 5.74) is 3.73. The summed E-state index contributed by atoms with van der Waals surface area (Å²) in [5.74, 6) is 0.559. The maximum atomic E-state index is 4.64. The van der Waals surface area contributed by atoms with Crippen LogP contribution in [0.2, 0.25) is 0 Å². The molecule has 2 aromatic rings. The molecule has 0 saturated carbocycles. The van der Waals surface area contributed by atoms with Gasteiger partial charge >= 0.3 is 0 Å². The van der Waals surface area contributed by atoms with Gasteiger partial charge in [0.25, 0.3) is 0 Å². The van der Waals surface area contributed by atoms with Gasteiger partial charge in [-0.25, -0.2) is 0 Å². The molecule has 1 nitrogen and oxygen atoms in total. The van der Waals surface area contributed by atoms with E-state index in [-0.39, 0.29) is 0 Å². The Morgan fingerprint density at radius 1 is 1.12 bits per heavy atom. The van der Waals surface area contributed by atoms with Gasteiger partial charge in [0.15, 0.2) is 0 Å². The van der Waals surface area contributed by atoms with Crippen LogP contribution < -0.4 is 0 Å². The van der Waals surface area contributed by atoms with Crippen molar-refractivity contribution in [3.8, 4) is 0 Å². The van der Waals surface area contributed by atoms with Gasteiger partial charge in [0.05, 0.1) is 5.52 Å². The highest BCUT2D eigenvalue weighted by Crippen LogP contribution is 2.25. The van der Waals surface area contributed by atoms with Crippen molar-refractivity contribution in [2.45, 2.75) is 47.0 Å². The van der Waals surface area contributed by atoms with Crippen LogP contribution in [0.1, 0.15) is 51.8 Å². The number of hydrogen-bond donors (Lipinski definition) is 0. The van der Waals surface area contributed by atoms with Gasteiger partial charge in [0, 0.05) is 11.1 Å². The van der Waals surface area contributed by atoms with E-state index in [2.05, 4.69) is 56.1 Å². The molecule has 92 valence electrons. The lowest BCUT2D eigenvalue weighted by Gasteiger charge is -2.11. The summed E-state index contributed by atoms with van der Waals surface area (Å²) < 4.78 is 0. The number of nitrogens with zero attached hydrogens (tertiary/aromatic N) is 1. The molecule has 17 heavy (non-hydrogen) atoms. The molecular weight excluding hydrogens is 206 g/mol. The molecule has 2 rings (SSSR count). The van der Waals surface area contributed by atoms with Crippen molar-refractivity contribution in [3.05, 3.63) is 41.6 Å². The monoisotopic (exact) mass is 229 g/mol. The number of aromatic nitrogens is 1. The topological polar surface area (TPSA) is 12.9 Å². The Morgan fingerprint density at radius 3 is 2.35 bits per heavy atom. The minimum Gasteiger partial charge on any atom is -0.253 e. The highest BCUT2D eigenvalue weighted by Gasteiger charge is 2.07. The fourth-order valence-corrected chi connectivity index (χ4v) is 1.92. The lowest BCUT2D eigenvalue weighted by Crippen LogP contribution is -1.96. The van der Waals surface area contributed by atoms with E-state index < -0.39 is 0 Å². The Bertz CT molecular complexity index is 472. The molecule has 0 amide bonds. The number of pyridine rings is 1. The predicted molar refractivity (Wildman–Crippen MR) is 76.6 cm³/mol. The van der Waals surface area contributed by atoms with E-state index in [0.29, 0.717) is 5.92 Å². The van der Waals surface area contributed by atoms with Crippen molar-refractivity contribution in [1.82, 2.24) is 4.98 Å². The number of rotatable bonds is 2. The van der Waals surface area contributed by atoms with Crippen LogP contribution in [0, 0.1) is 0 Å². The number of hydrogen-bond acceptors (Lipinski definition) is 1. The van der Waals surface area contributed by atoms with E-state index in [9.17, 15) is 0 Å². The van der Waals surface area contributed by atoms with Crippen molar-refractivity contribution in [2.24, 2.45) is 0 Å². The highest BCUT2D eigenvalue weighted by molar-refractivity contribution is 5.82. The van der Waals surface area contributed by atoms with Crippen molar-refractivity contribution >= 4 is 10.9 Å². The third-order valence-corrected chi connectivity index (χ3v) is 2.79. The Morgan fingerprint density at radius 2 is 1.76 bits per heavy atom. The summed E-state index contributed by atoms with van der Waals surface area (Å²) in [4.78, 5) is 4.64. The standard InChI is InChI=1S/C14H17N.C2H6/c1-4-11-9-13(10(2)3)12-7-5-6-8-14(12)15-11;1-2/h5-10H,4H2,1-3H3;1-2H3. The van der Waals surface area contributed by atoms with Gasteiger partial charge in [-0.05, 0) is 30.0 Å². The van der Waals surface area contributed by atoms with E-state index in [4.69, 9.17) is 0 Å². The molecule has 0 aliphatic carbocycles. The number of aryl methyl sites for hydroxylation is 1. The normalized spacial score (nSPS) is 10.2. The Balaban J connectivity index is 0.000000686. The number of fused-ring (bicyclic) bond motifs is 1. The van der Waals surface area contributed by atoms with Gasteiger partial charge in [0.1, 0.15) is 0 Å². The number of para-hydroxylation sites is 1. The predicted octanol–water partition coefficient (Wildman–Crippen LogP) is 4.95. The Kier molecular flexibility index (Phi) is 5.14. The first-order chi connectivity index (χ1) is 8.22. The van der Waals surface area contributed by atoms with Crippen molar-refractivity contribution in [3.63, 3.8) is 0 Å². The maximum absolute atomic E-state index is 4.64. The fourth-order valence-electron chi connectivity index (χ4n) is 1.92. The summed E-state index contributed by atoms with van der Waals surface area (Å²) in [6.07, 6.45) is 1.00. The zero-order valence-electron chi connectivity index (χ0n) is 11.6. The van der Waals surface area contributed by atoms with Crippen molar-refractivity contribution in [1.29, 1.82) is 0 Å². The molecule has 0 aliphatic rings. The molecule has 0 unspecified atom stereocenters. The first-order valence-corrected chi connectivity index (χ1v) is 6.61. The molecule has 1 heterocycles. The van der Waals surface area contributed by atoms with E-state index in [1.54, 1.807) is 0 Å². The number of benzene rings is 1. The van der Waals surface area contributed by atoms with Gasteiger partial charge in [-0.1, -0.05) is 52.8 Å². The summed E-state index contributed by atoms with van der Waals surface area (Å²) in [7, 11) is 0. The largest absolute Gasteiger partial charge is 0.253 e. The maximum Gasteiger partial charge on any atom is 0.0708 e. The molecule has 0 aliphatic heterocycles. The molecule has 0 bridgehead atoms. The van der Waals surface area contributed by atoms with E-state index in [1.807, 2.05) is 13.8 Å². The van der Waals surface area contributed by atoms with Gasteiger partial charge in [-0.2, -0.15) is 0 Å². The zero-order chi connectivity index (χ0) is 12.8. The third-order valence-electron chi connectivity index (χ3n) is 2.79. The molecule has 1 aromatic carbocycles. The molecule has 0 N–H and O–H groups in total. The quantitative estimate of drug-likeness (QED) is 0.710. The zero-order valence-corrected chi connectivity index (χ0v) is 11.6. The molecule has 1 aromatic heterocycles. The smallest absolute Gasteiger partial charge is 0.0708 e. The minimum absolute atomic E-state index is 0.559. The first kappa shape index (κ1) is 13.7.